The molecule has 5 aromatic rings. The molecule has 6 heteroatoms. The van der Waals surface area contributed by atoms with Crippen molar-refractivity contribution >= 4 is 5.91 Å². The Hall–Kier alpha value is -4.94. The van der Waals surface area contributed by atoms with Crippen LogP contribution in [0.5, 0.6) is 11.5 Å². The van der Waals surface area contributed by atoms with Crippen LogP contribution < -0.4 is 14.8 Å². The zero-order valence-corrected chi connectivity index (χ0v) is 30.5. The number of amides is 1. The molecule has 1 amide bonds. The van der Waals surface area contributed by atoms with Crippen LogP contribution in [-0.2, 0) is 29.5 Å². The molecule has 6 rings (SSSR count). The zero-order chi connectivity index (χ0) is 36.2. The van der Waals surface area contributed by atoms with Crippen molar-refractivity contribution in [3.8, 4) is 11.5 Å². The lowest BCUT2D eigenvalue weighted by Gasteiger charge is -2.40. The van der Waals surface area contributed by atoms with Gasteiger partial charge in [0.1, 0.15) is 5.82 Å². The summed E-state index contributed by atoms with van der Waals surface area (Å²) in [6, 6.07) is 43.6. The molecule has 0 spiro atoms. The van der Waals surface area contributed by atoms with Gasteiger partial charge in [0.25, 0.3) is 0 Å². The minimum absolute atomic E-state index is 0.0263. The first-order valence-electron chi connectivity index (χ1n) is 18.6. The minimum atomic E-state index is -0.261. The number of nitrogens with one attached hydrogen (secondary N) is 1. The number of methoxy groups -OCH3 is 2. The van der Waals surface area contributed by atoms with E-state index >= 15 is 0 Å². The monoisotopic (exact) mass is 698 g/mol. The van der Waals surface area contributed by atoms with Crippen molar-refractivity contribution in [3.05, 3.63) is 167 Å². The number of fused-ring (bicyclic) bond motifs is 1. The van der Waals surface area contributed by atoms with Crippen molar-refractivity contribution in [1.29, 1.82) is 0 Å². The number of rotatable bonds is 17. The Kier molecular flexibility index (Phi) is 12.8. The zero-order valence-electron chi connectivity index (χ0n) is 30.5. The molecule has 5 nitrogen and oxygen atoms in total. The number of carbonyl (C=O) groups is 1. The lowest BCUT2D eigenvalue weighted by Crippen LogP contribution is -2.38. The van der Waals surface area contributed by atoms with Gasteiger partial charge in [0, 0.05) is 31.0 Å². The Morgan fingerprint density at radius 2 is 1.37 bits per heavy atom. The summed E-state index contributed by atoms with van der Waals surface area (Å²) in [6.45, 7) is 2.55. The first-order chi connectivity index (χ1) is 25.5. The number of ether oxygens (including phenoxy) is 2. The summed E-state index contributed by atoms with van der Waals surface area (Å²) in [5.41, 5.74) is 7.35. The van der Waals surface area contributed by atoms with Crippen molar-refractivity contribution in [2.24, 2.45) is 0 Å². The molecule has 0 saturated heterocycles. The van der Waals surface area contributed by atoms with Gasteiger partial charge in [-0.2, -0.15) is 0 Å². The van der Waals surface area contributed by atoms with Gasteiger partial charge in [-0.05, 0) is 109 Å². The first kappa shape index (κ1) is 36.8. The van der Waals surface area contributed by atoms with Crippen LogP contribution in [0.25, 0.3) is 0 Å². The molecule has 5 aromatic carbocycles. The molecular formula is C46H51FN2O3. The van der Waals surface area contributed by atoms with E-state index in [1.165, 1.54) is 39.9 Å². The van der Waals surface area contributed by atoms with Crippen LogP contribution in [0.15, 0.2) is 127 Å². The summed E-state index contributed by atoms with van der Waals surface area (Å²) in [5, 5.41) is 3.16. The number of aryl methyl sites for hydroxylation is 1. The average Bonchev–Trinajstić information content (AvgIpc) is 3.19. The summed E-state index contributed by atoms with van der Waals surface area (Å²) < 4.78 is 24.8. The molecule has 1 unspecified atom stereocenters. The molecule has 1 N–H and O–H groups in total. The second-order valence-corrected chi connectivity index (χ2v) is 13.9. The van der Waals surface area contributed by atoms with Crippen LogP contribution in [0.2, 0.25) is 0 Å². The summed E-state index contributed by atoms with van der Waals surface area (Å²) in [5.74, 6) is 1.32. The van der Waals surface area contributed by atoms with Crippen molar-refractivity contribution in [3.63, 3.8) is 0 Å². The van der Waals surface area contributed by atoms with Crippen molar-refractivity contribution in [1.82, 2.24) is 10.2 Å². The molecule has 0 saturated carbocycles. The van der Waals surface area contributed by atoms with Crippen LogP contribution in [0.4, 0.5) is 4.39 Å². The van der Waals surface area contributed by atoms with Crippen LogP contribution in [-0.4, -0.2) is 44.7 Å². The third kappa shape index (κ3) is 9.10. The van der Waals surface area contributed by atoms with Gasteiger partial charge >= 0.3 is 0 Å². The van der Waals surface area contributed by atoms with Crippen LogP contribution >= 0.6 is 0 Å². The Balaban J connectivity index is 1.19. The van der Waals surface area contributed by atoms with E-state index in [2.05, 4.69) is 113 Å². The SMILES string of the molecule is COc1cc2c(cc1OC)C(Cc1ccccc1)N(CCCC(CCCNC(=O)CCc1ccc(F)cc1)(c1ccccc1)c1ccccc1)CC2. The molecule has 1 aliphatic heterocycles. The highest BCUT2D eigenvalue weighted by molar-refractivity contribution is 5.76. The molecule has 0 aliphatic carbocycles. The predicted molar refractivity (Wildman–Crippen MR) is 208 cm³/mol. The van der Waals surface area contributed by atoms with E-state index in [1.54, 1.807) is 26.4 Å². The maximum Gasteiger partial charge on any atom is 0.220 e. The standard InChI is InChI=1S/C46H51FN2O3/c1-51-43-33-37-26-31-49(42(41(37)34-44(43)52-2)32-36-14-6-3-7-15-36)30-13-28-46(38-16-8-4-9-17-38,39-18-10-5-11-19-39)27-12-29-48-45(50)25-22-35-20-23-40(47)24-21-35/h3-11,14-21,23-24,33-34,42H,12-13,22,25-32H2,1-2H3,(H,48,50). The summed E-state index contributed by atoms with van der Waals surface area (Å²) in [4.78, 5) is 15.5. The maximum absolute atomic E-state index is 13.3. The number of benzene rings is 5. The van der Waals surface area contributed by atoms with E-state index in [-0.39, 0.29) is 23.2 Å². The fourth-order valence-electron chi connectivity index (χ4n) is 8.01. The Labute approximate surface area is 308 Å². The second-order valence-electron chi connectivity index (χ2n) is 13.9. The molecule has 0 bridgehead atoms. The van der Waals surface area contributed by atoms with Gasteiger partial charge in [-0.15, -0.1) is 0 Å². The summed E-state index contributed by atoms with van der Waals surface area (Å²) in [7, 11) is 3.42. The molecule has 52 heavy (non-hydrogen) atoms. The van der Waals surface area contributed by atoms with Gasteiger partial charge < -0.3 is 14.8 Å². The fraction of sp³-hybridized carbons (Fsp3) is 0.326. The van der Waals surface area contributed by atoms with E-state index in [0.717, 1.165) is 68.7 Å². The Morgan fingerprint density at radius 1 is 0.769 bits per heavy atom. The Bertz CT molecular complexity index is 1810. The largest absolute Gasteiger partial charge is 0.493 e. The quantitative estimate of drug-likeness (QED) is 0.0985. The molecule has 1 heterocycles. The van der Waals surface area contributed by atoms with E-state index in [1.807, 2.05) is 0 Å². The molecule has 0 fully saturated rings. The molecule has 1 aliphatic rings. The lowest BCUT2D eigenvalue weighted by molar-refractivity contribution is -0.121. The lowest BCUT2D eigenvalue weighted by atomic mass is 9.68. The van der Waals surface area contributed by atoms with Crippen molar-refractivity contribution in [2.45, 2.75) is 62.8 Å². The minimum Gasteiger partial charge on any atom is -0.493 e. The Morgan fingerprint density at radius 3 is 2.00 bits per heavy atom. The van der Waals surface area contributed by atoms with Gasteiger partial charge in [0.05, 0.1) is 14.2 Å². The molecule has 1 atom stereocenters. The van der Waals surface area contributed by atoms with Gasteiger partial charge in [0.15, 0.2) is 11.5 Å². The van der Waals surface area contributed by atoms with E-state index < -0.39 is 0 Å². The van der Waals surface area contributed by atoms with Crippen molar-refractivity contribution in [2.75, 3.05) is 33.9 Å². The first-order valence-corrected chi connectivity index (χ1v) is 18.6. The topological polar surface area (TPSA) is 50.8 Å². The molecular weight excluding hydrogens is 648 g/mol. The highest BCUT2D eigenvalue weighted by Crippen LogP contribution is 2.43. The van der Waals surface area contributed by atoms with Gasteiger partial charge in [-0.1, -0.05) is 103 Å². The van der Waals surface area contributed by atoms with Crippen LogP contribution in [0.3, 0.4) is 0 Å². The van der Waals surface area contributed by atoms with Gasteiger partial charge in [-0.25, -0.2) is 4.39 Å². The summed E-state index contributed by atoms with van der Waals surface area (Å²) >= 11 is 0. The van der Waals surface area contributed by atoms with Gasteiger partial charge in [0.2, 0.25) is 5.91 Å². The number of halogens is 1. The van der Waals surface area contributed by atoms with Crippen LogP contribution in [0.1, 0.15) is 71.5 Å². The van der Waals surface area contributed by atoms with Crippen LogP contribution in [0, 0.1) is 5.82 Å². The van der Waals surface area contributed by atoms with Gasteiger partial charge in [-0.3, -0.25) is 9.69 Å². The normalized spacial score (nSPS) is 14.4. The van der Waals surface area contributed by atoms with E-state index in [4.69, 9.17) is 9.47 Å². The van der Waals surface area contributed by atoms with Crippen molar-refractivity contribution < 1.29 is 18.7 Å². The smallest absolute Gasteiger partial charge is 0.220 e. The fourth-order valence-corrected chi connectivity index (χ4v) is 8.01. The number of hydrogen-bond donors (Lipinski definition) is 1. The third-order valence-electron chi connectivity index (χ3n) is 10.7. The van der Waals surface area contributed by atoms with E-state index in [0.29, 0.717) is 19.4 Å². The number of nitrogens with zero attached hydrogens (tertiary/aromatic N) is 1. The van der Waals surface area contributed by atoms with E-state index in [9.17, 15) is 9.18 Å². The maximum atomic E-state index is 13.3. The number of hydrogen-bond acceptors (Lipinski definition) is 4. The third-order valence-corrected chi connectivity index (χ3v) is 10.7. The molecule has 0 aromatic heterocycles. The highest BCUT2D eigenvalue weighted by Gasteiger charge is 2.35. The second kappa shape index (κ2) is 18.0. The highest BCUT2D eigenvalue weighted by atomic mass is 19.1. The molecule has 270 valence electrons. The summed E-state index contributed by atoms with van der Waals surface area (Å²) in [6.07, 6.45) is 6.62. The molecule has 0 radical (unpaired) electrons. The number of carbonyl (C=O) groups excluding carboxylic acids is 1. The predicted octanol–water partition coefficient (Wildman–Crippen LogP) is 9.28. The average molecular weight is 699 g/mol.